The molecule has 1 rings (SSSR count). The molecule has 21 heavy (non-hydrogen) atoms. The number of rotatable bonds is 8. The molecule has 0 aliphatic heterocycles. The SMILES string of the molecule is CC(C)(C(=O)NCCSCC(=O)O)n1cc([N+](=O)[O-])cn1. The minimum absolute atomic E-state index is 0.0232. The molecular formula is C11H16N4O5S. The Hall–Kier alpha value is -2.10. The van der Waals surface area contributed by atoms with E-state index in [0.29, 0.717) is 12.3 Å². The molecule has 116 valence electrons. The number of carboxylic acid groups (broad SMARTS) is 1. The lowest BCUT2D eigenvalue weighted by Crippen LogP contribution is -2.45. The first-order valence-electron chi connectivity index (χ1n) is 6.02. The van der Waals surface area contributed by atoms with E-state index in [-0.39, 0.29) is 17.3 Å². The minimum atomic E-state index is -1.08. The Balaban J connectivity index is 2.54. The Labute approximate surface area is 124 Å². The van der Waals surface area contributed by atoms with Gasteiger partial charge < -0.3 is 10.4 Å². The summed E-state index contributed by atoms with van der Waals surface area (Å²) in [4.78, 5) is 32.4. The van der Waals surface area contributed by atoms with Gasteiger partial charge in [0.15, 0.2) is 0 Å². The standard InChI is InChI=1S/C11H16N4O5S/c1-11(2,14-6-8(5-13-14)15(19)20)10(18)12-3-4-21-7-9(16)17/h5-6H,3-4,7H2,1-2H3,(H,12,18)(H,16,17). The molecule has 0 unspecified atom stereocenters. The summed E-state index contributed by atoms with van der Waals surface area (Å²) in [5, 5.41) is 25.6. The molecule has 1 heterocycles. The van der Waals surface area contributed by atoms with Crippen molar-refractivity contribution in [3.05, 3.63) is 22.5 Å². The molecule has 1 aromatic heterocycles. The summed E-state index contributed by atoms with van der Waals surface area (Å²) in [5.41, 5.74) is -1.26. The fourth-order valence-electron chi connectivity index (χ4n) is 1.43. The van der Waals surface area contributed by atoms with Crippen LogP contribution in [0.1, 0.15) is 13.8 Å². The normalized spacial score (nSPS) is 11.1. The zero-order chi connectivity index (χ0) is 16.0. The summed E-state index contributed by atoms with van der Waals surface area (Å²) in [6.45, 7) is 3.48. The van der Waals surface area contributed by atoms with Crippen LogP contribution in [0.15, 0.2) is 12.4 Å². The molecule has 10 heteroatoms. The van der Waals surface area contributed by atoms with Crippen LogP contribution in [0.5, 0.6) is 0 Å². The summed E-state index contributed by atoms with van der Waals surface area (Å²) in [6.07, 6.45) is 2.27. The van der Waals surface area contributed by atoms with Crippen LogP contribution in [0.3, 0.4) is 0 Å². The van der Waals surface area contributed by atoms with Gasteiger partial charge in [0.2, 0.25) is 5.91 Å². The molecule has 9 nitrogen and oxygen atoms in total. The number of carboxylic acids is 1. The van der Waals surface area contributed by atoms with Crippen LogP contribution in [-0.4, -0.2) is 49.7 Å². The molecule has 1 aromatic rings. The molecule has 0 saturated carbocycles. The van der Waals surface area contributed by atoms with Crippen molar-refractivity contribution in [2.75, 3.05) is 18.1 Å². The van der Waals surface area contributed by atoms with Gasteiger partial charge in [0.25, 0.3) is 0 Å². The van der Waals surface area contributed by atoms with E-state index in [9.17, 15) is 19.7 Å². The van der Waals surface area contributed by atoms with Gasteiger partial charge in [0.05, 0.1) is 10.7 Å². The highest BCUT2D eigenvalue weighted by Gasteiger charge is 2.31. The number of aliphatic carboxylic acids is 1. The molecule has 2 N–H and O–H groups in total. The Morgan fingerprint density at radius 1 is 1.57 bits per heavy atom. The van der Waals surface area contributed by atoms with Gasteiger partial charge in [-0.2, -0.15) is 5.10 Å². The van der Waals surface area contributed by atoms with Crippen LogP contribution in [-0.2, 0) is 15.1 Å². The molecule has 1 amide bonds. The fourth-order valence-corrected chi connectivity index (χ4v) is 2.00. The molecule has 0 radical (unpaired) electrons. The van der Waals surface area contributed by atoms with Crippen molar-refractivity contribution in [2.24, 2.45) is 0 Å². The average Bonchev–Trinajstić information content (AvgIpc) is 2.88. The number of nitrogens with zero attached hydrogens (tertiary/aromatic N) is 3. The first kappa shape index (κ1) is 17.0. The van der Waals surface area contributed by atoms with Crippen LogP contribution in [0.2, 0.25) is 0 Å². The average molecular weight is 316 g/mol. The number of hydrogen-bond acceptors (Lipinski definition) is 6. The van der Waals surface area contributed by atoms with Crippen molar-refractivity contribution in [3.63, 3.8) is 0 Å². The number of carbonyl (C=O) groups excluding carboxylic acids is 1. The first-order valence-corrected chi connectivity index (χ1v) is 7.18. The topological polar surface area (TPSA) is 127 Å². The van der Waals surface area contributed by atoms with Crippen LogP contribution in [0, 0.1) is 10.1 Å². The molecule has 0 bridgehead atoms. The van der Waals surface area contributed by atoms with E-state index in [1.807, 2.05) is 0 Å². The van der Waals surface area contributed by atoms with Crippen LogP contribution < -0.4 is 5.32 Å². The van der Waals surface area contributed by atoms with Gasteiger partial charge in [0, 0.05) is 12.3 Å². The number of carbonyl (C=O) groups is 2. The zero-order valence-electron chi connectivity index (χ0n) is 11.6. The lowest BCUT2D eigenvalue weighted by Gasteiger charge is -2.23. The van der Waals surface area contributed by atoms with Gasteiger partial charge in [-0.3, -0.25) is 24.4 Å². The summed E-state index contributed by atoms with van der Waals surface area (Å²) < 4.78 is 1.23. The number of nitrogens with one attached hydrogen (secondary N) is 1. The molecule has 0 saturated heterocycles. The quantitative estimate of drug-likeness (QED) is 0.405. The Bertz CT molecular complexity index is 542. The highest BCUT2D eigenvalue weighted by Crippen LogP contribution is 2.18. The lowest BCUT2D eigenvalue weighted by molar-refractivity contribution is -0.385. The Kier molecular flexibility index (Phi) is 5.70. The zero-order valence-corrected chi connectivity index (χ0v) is 12.4. The molecule has 0 aliphatic carbocycles. The summed E-state index contributed by atoms with van der Waals surface area (Å²) >= 11 is 1.19. The van der Waals surface area contributed by atoms with Gasteiger partial charge in [-0.05, 0) is 13.8 Å². The molecule has 0 spiro atoms. The van der Waals surface area contributed by atoms with Crippen molar-refractivity contribution < 1.29 is 19.6 Å². The van der Waals surface area contributed by atoms with E-state index >= 15 is 0 Å². The van der Waals surface area contributed by atoms with E-state index in [1.54, 1.807) is 13.8 Å². The van der Waals surface area contributed by atoms with E-state index in [1.165, 1.54) is 22.6 Å². The van der Waals surface area contributed by atoms with Crippen LogP contribution in [0.4, 0.5) is 5.69 Å². The summed E-state index contributed by atoms with van der Waals surface area (Å²) in [5.74, 6) is -0.815. The van der Waals surface area contributed by atoms with E-state index in [0.717, 1.165) is 6.20 Å². The van der Waals surface area contributed by atoms with Gasteiger partial charge in [-0.15, -0.1) is 11.8 Å². The van der Waals surface area contributed by atoms with Crippen LogP contribution in [0.25, 0.3) is 0 Å². The summed E-state index contributed by atoms with van der Waals surface area (Å²) in [6, 6.07) is 0. The second-order valence-corrected chi connectivity index (χ2v) is 5.77. The fraction of sp³-hybridized carbons (Fsp3) is 0.545. The monoisotopic (exact) mass is 316 g/mol. The van der Waals surface area contributed by atoms with Gasteiger partial charge in [0.1, 0.15) is 17.9 Å². The summed E-state index contributed by atoms with van der Waals surface area (Å²) in [7, 11) is 0. The third-order valence-electron chi connectivity index (χ3n) is 2.67. The van der Waals surface area contributed by atoms with Crippen molar-refractivity contribution in [1.82, 2.24) is 15.1 Å². The van der Waals surface area contributed by atoms with Crippen molar-refractivity contribution in [1.29, 1.82) is 0 Å². The number of thioether (sulfide) groups is 1. The molecule has 0 fully saturated rings. The van der Waals surface area contributed by atoms with Crippen LogP contribution >= 0.6 is 11.8 Å². The maximum absolute atomic E-state index is 12.1. The van der Waals surface area contributed by atoms with Gasteiger partial charge in [-0.1, -0.05) is 0 Å². The Morgan fingerprint density at radius 2 is 2.24 bits per heavy atom. The van der Waals surface area contributed by atoms with Crippen molar-refractivity contribution in [2.45, 2.75) is 19.4 Å². The highest BCUT2D eigenvalue weighted by atomic mass is 32.2. The molecule has 0 aromatic carbocycles. The molecular weight excluding hydrogens is 300 g/mol. The predicted octanol–water partition coefficient (Wildman–Crippen LogP) is 0.460. The smallest absolute Gasteiger partial charge is 0.313 e. The molecule has 0 atom stereocenters. The predicted molar refractivity (Wildman–Crippen MR) is 76.2 cm³/mol. The number of amides is 1. The van der Waals surface area contributed by atoms with E-state index in [2.05, 4.69) is 10.4 Å². The number of aromatic nitrogens is 2. The third-order valence-corrected chi connectivity index (χ3v) is 3.61. The van der Waals surface area contributed by atoms with Gasteiger partial charge >= 0.3 is 11.7 Å². The Morgan fingerprint density at radius 3 is 2.76 bits per heavy atom. The maximum Gasteiger partial charge on any atom is 0.313 e. The van der Waals surface area contributed by atoms with Crippen molar-refractivity contribution in [3.8, 4) is 0 Å². The van der Waals surface area contributed by atoms with E-state index in [4.69, 9.17) is 5.11 Å². The minimum Gasteiger partial charge on any atom is -0.481 e. The second kappa shape index (κ2) is 7.07. The molecule has 0 aliphatic rings. The second-order valence-electron chi connectivity index (χ2n) is 4.66. The van der Waals surface area contributed by atoms with Crippen molar-refractivity contribution >= 4 is 29.3 Å². The number of nitro groups is 1. The maximum atomic E-state index is 12.1. The lowest BCUT2D eigenvalue weighted by atomic mass is 10.1. The van der Waals surface area contributed by atoms with Gasteiger partial charge in [-0.25, -0.2) is 0 Å². The highest BCUT2D eigenvalue weighted by molar-refractivity contribution is 7.99. The largest absolute Gasteiger partial charge is 0.481 e. The third kappa shape index (κ3) is 4.74. The first-order chi connectivity index (χ1) is 9.75. The number of hydrogen-bond donors (Lipinski definition) is 2. The van der Waals surface area contributed by atoms with E-state index < -0.39 is 16.4 Å².